The summed E-state index contributed by atoms with van der Waals surface area (Å²) in [4.78, 5) is 7.12. The summed E-state index contributed by atoms with van der Waals surface area (Å²) < 4.78 is 0. The Balaban J connectivity index is 0.000000131. The fraction of sp³-hybridized carbons (Fsp3) is 0.176. The number of rotatable bonds is 0. The first kappa shape index (κ1) is 14.6. The quantitative estimate of drug-likeness (QED) is 0.462. The molecule has 0 aliphatic carbocycles. The summed E-state index contributed by atoms with van der Waals surface area (Å²) in [6.45, 7) is 6.11. The SMILES string of the molecule is Cc1cc2cc(Cl)ncc2[nH]1.Cc1ccc2c(C)[nH]nc2c1. The zero-order valence-electron chi connectivity index (χ0n) is 12.7. The van der Waals surface area contributed by atoms with Gasteiger partial charge in [0.2, 0.25) is 0 Å². The minimum Gasteiger partial charge on any atom is -0.357 e. The maximum atomic E-state index is 5.70. The number of aromatic amines is 2. The number of nitrogens with zero attached hydrogens (tertiary/aromatic N) is 2. The van der Waals surface area contributed by atoms with Gasteiger partial charge in [-0.1, -0.05) is 23.7 Å². The first-order valence-corrected chi connectivity index (χ1v) is 7.43. The van der Waals surface area contributed by atoms with Gasteiger partial charge in [-0.2, -0.15) is 5.10 Å². The Morgan fingerprint density at radius 3 is 2.68 bits per heavy atom. The molecule has 0 radical (unpaired) electrons. The Labute approximate surface area is 133 Å². The van der Waals surface area contributed by atoms with E-state index < -0.39 is 0 Å². The van der Waals surface area contributed by atoms with E-state index in [1.807, 2.05) is 26.0 Å². The molecule has 112 valence electrons. The molecule has 4 aromatic rings. The van der Waals surface area contributed by atoms with E-state index in [1.165, 1.54) is 10.9 Å². The molecule has 22 heavy (non-hydrogen) atoms. The van der Waals surface area contributed by atoms with Gasteiger partial charge in [0, 0.05) is 22.2 Å². The lowest BCUT2D eigenvalue weighted by Gasteiger charge is -1.90. The predicted octanol–water partition coefficient (Wildman–Crippen LogP) is 4.70. The molecular weight excluding hydrogens is 296 g/mol. The third-order valence-corrected chi connectivity index (χ3v) is 3.71. The Morgan fingerprint density at radius 1 is 1.05 bits per heavy atom. The maximum Gasteiger partial charge on any atom is 0.129 e. The maximum absolute atomic E-state index is 5.70. The number of H-pyrrole nitrogens is 2. The second-order valence-electron chi connectivity index (χ2n) is 5.42. The van der Waals surface area contributed by atoms with Crippen molar-refractivity contribution < 1.29 is 0 Å². The fourth-order valence-electron chi connectivity index (χ4n) is 2.41. The van der Waals surface area contributed by atoms with Crippen molar-refractivity contribution in [1.82, 2.24) is 20.2 Å². The average Bonchev–Trinajstić information content (AvgIpc) is 3.01. The summed E-state index contributed by atoms with van der Waals surface area (Å²) in [6, 6.07) is 10.2. The molecule has 4 rings (SSSR count). The number of pyridine rings is 1. The molecule has 0 atom stereocenters. The first-order chi connectivity index (χ1) is 10.5. The van der Waals surface area contributed by atoms with E-state index >= 15 is 0 Å². The molecule has 1 aromatic carbocycles. The molecule has 3 aromatic heterocycles. The molecule has 0 fully saturated rings. The Kier molecular flexibility index (Phi) is 3.86. The van der Waals surface area contributed by atoms with Crippen molar-refractivity contribution in [2.45, 2.75) is 20.8 Å². The monoisotopic (exact) mass is 312 g/mol. The molecule has 4 nitrogen and oxygen atoms in total. The van der Waals surface area contributed by atoms with E-state index in [4.69, 9.17) is 11.6 Å². The number of aryl methyl sites for hydroxylation is 3. The highest BCUT2D eigenvalue weighted by Gasteiger charge is 1.99. The topological polar surface area (TPSA) is 57.4 Å². The third kappa shape index (κ3) is 2.97. The Bertz CT molecular complexity index is 927. The van der Waals surface area contributed by atoms with Crippen LogP contribution in [-0.2, 0) is 0 Å². The third-order valence-electron chi connectivity index (χ3n) is 3.51. The van der Waals surface area contributed by atoms with Gasteiger partial charge in [0.15, 0.2) is 0 Å². The number of benzene rings is 1. The summed E-state index contributed by atoms with van der Waals surface area (Å²) in [5.74, 6) is 0. The van der Waals surface area contributed by atoms with Gasteiger partial charge in [0.1, 0.15) is 5.15 Å². The van der Waals surface area contributed by atoms with Gasteiger partial charge < -0.3 is 4.98 Å². The van der Waals surface area contributed by atoms with Gasteiger partial charge in [0.05, 0.1) is 17.2 Å². The van der Waals surface area contributed by atoms with Gasteiger partial charge in [-0.3, -0.25) is 5.10 Å². The number of nitrogens with one attached hydrogen (secondary N) is 2. The fourth-order valence-corrected chi connectivity index (χ4v) is 2.57. The van der Waals surface area contributed by atoms with E-state index in [0.717, 1.165) is 27.8 Å². The smallest absolute Gasteiger partial charge is 0.129 e. The number of aromatic nitrogens is 4. The lowest BCUT2D eigenvalue weighted by atomic mass is 10.1. The van der Waals surface area contributed by atoms with Crippen molar-refractivity contribution in [3.8, 4) is 0 Å². The van der Waals surface area contributed by atoms with Crippen LogP contribution in [0.15, 0.2) is 36.5 Å². The highest BCUT2D eigenvalue weighted by molar-refractivity contribution is 6.30. The number of halogens is 1. The van der Waals surface area contributed by atoms with Crippen LogP contribution >= 0.6 is 11.6 Å². The van der Waals surface area contributed by atoms with Crippen LogP contribution in [0.25, 0.3) is 21.8 Å². The molecule has 0 aliphatic rings. The molecule has 2 N–H and O–H groups in total. The summed E-state index contributed by atoms with van der Waals surface area (Å²) in [5.41, 5.74) is 5.61. The van der Waals surface area contributed by atoms with Crippen LogP contribution in [0.5, 0.6) is 0 Å². The van der Waals surface area contributed by atoms with Crippen LogP contribution in [0, 0.1) is 20.8 Å². The molecule has 0 unspecified atom stereocenters. The lowest BCUT2D eigenvalue weighted by Crippen LogP contribution is -1.73. The molecule has 0 bridgehead atoms. The highest BCUT2D eigenvalue weighted by atomic mass is 35.5. The summed E-state index contributed by atoms with van der Waals surface area (Å²) in [6.07, 6.45) is 1.74. The van der Waals surface area contributed by atoms with Gasteiger partial charge in [-0.15, -0.1) is 0 Å². The molecule has 0 saturated carbocycles. The highest BCUT2D eigenvalue weighted by Crippen LogP contribution is 2.17. The number of hydrogen-bond donors (Lipinski definition) is 2. The van der Waals surface area contributed by atoms with Crippen LogP contribution in [0.1, 0.15) is 17.0 Å². The van der Waals surface area contributed by atoms with E-state index in [1.54, 1.807) is 6.20 Å². The van der Waals surface area contributed by atoms with E-state index in [2.05, 4.69) is 45.3 Å². The normalized spacial score (nSPS) is 10.7. The van der Waals surface area contributed by atoms with E-state index in [9.17, 15) is 0 Å². The molecular formula is C17H17ClN4. The zero-order chi connectivity index (χ0) is 15.7. The van der Waals surface area contributed by atoms with Crippen molar-refractivity contribution in [3.63, 3.8) is 0 Å². The van der Waals surface area contributed by atoms with E-state index in [-0.39, 0.29) is 0 Å². The van der Waals surface area contributed by atoms with Crippen molar-refractivity contribution >= 4 is 33.4 Å². The molecule has 3 heterocycles. The van der Waals surface area contributed by atoms with Gasteiger partial charge in [0.25, 0.3) is 0 Å². The van der Waals surface area contributed by atoms with Crippen molar-refractivity contribution in [3.05, 3.63) is 58.6 Å². The zero-order valence-corrected chi connectivity index (χ0v) is 13.5. The van der Waals surface area contributed by atoms with Crippen molar-refractivity contribution in [2.75, 3.05) is 0 Å². The second-order valence-corrected chi connectivity index (χ2v) is 5.80. The summed E-state index contributed by atoms with van der Waals surface area (Å²) in [7, 11) is 0. The van der Waals surface area contributed by atoms with Crippen LogP contribution in [0.2, 0.25) is 5.15 Å². The summed E-state index contributed by atoms with van der Waals surface area (Å²) >= 11 is 5.70. The van der Waals surface area contributed by atoms with Crippen molar-refractivity contribution in [1.29, 1.82) is 0 Å². The average molecular weight is 313 g/mol. The van der Waals surface area contributed by atoms with Crippen LogP contribution in [0.4, 0.5) is 0 Å². The molecule has 0 aliphatic heterocycles. The minimum absolute atomic E-state index is 0.538. The van der Waals surface area contributed by atoms with Gasteiger partial charge >= 0.3 is 0 Å². The van der Waals surface area contributed by atoms with Crippen LogP contribution in [0.3, 0.4) is 0 Å². The van der Waals surface area contributed by atoms with Crippen LogP contribution in [-0.4, -0.2) is 20.2 Å². The number of fused-ring (bicyclic) bond motifs is 2. The predicted molar refractivity (Wildman–Crippen MR) is 91.4 cm³/mol. The molecule has 0 saturated heterocycles. The first-order valence-electron chi connectivity index (χ1n) is 7.05. The molecule has 0 spiro atoms. The molecule has 5 heteroatoms. The Morgan fingerprint density at radius 2 is 1.86 bits per heavy atom. The lowest BCUT2D eigenvalue weighted by molar-refractivity contribution is 1.07. The molecule has 0 amide bonds. The van der Waals surface area contributed by atoms with E-state index in [0.29, 0.717) is 5.15 Å². The largest absolute Gasteiger partial charge is 0.357 e. The van der Waals surface area contributed by atoms with Gasteiger partial charge in [-0.25, -0.2) is 4.98 Å². The minimum atomic E-state index is 0.538. The second kappa shape index (κ2) is 5.81. The number of hydrogen-bond acceptors (Lipinski definition) is 2. The standard InChI is InChI=1S/C9H10N2.C8H7ClN2/c1-6-3-4-8-7(2)10-11-9(8)5-6;1-5-2-6-3-8(9)10-4-7(6)11-5/h3-5H,1-2H3,(H,10,11);2-4,11H,1H3. The Hall–Kier alpha value is -2.33. The summed E-state index contributed by atoms with van der Waals surface area (Å²) in [5, 5.41) is 9.98. The van der Waals surface area contributed by atoms with Crippen molar-refractivity contribution in [2.24, 2.45) is 0 Å². The van der Waals surface area contributed by atoms with Crippen LogP contribution < -0.4 is 0 Å². The van der Waals surface area contributed by atoms with Gasteiger partial charge in [-0.05, 0) is 44.5 Å².